The van der Waals surface area contributed by atoms with E-state index in [0.29, 0.717) is 11.5 Å². The zero-order chi connectivity index (χ0) is 17.6. The maximum Gasteiger partial charge on any atom is 0.279 e. The first-order valence-corrected chi connectivity index (χ1v) is 9.83. The summed E-state index contributed by atoms with van der Waals surface area (Å²) in [5.74, 6) is -5.24. The highest BCUT2D eigenvalue weighted by Gasteiger charge is 2.54. The molecule has 2 fully saturated rings. The first-order valence-electron chi connectivity index (χ1n) is 9.83. The summed E-state index contributed by atoms with van der Waals surface area (Å²) in [6, 6.07) is 2.32. The van der Waals surface area contributed by atoms with Crippen LogP contribution in [0, 0.1) is 35.3 Å². The lowest BCUT2D eigenvalue weighted by atomic mass is 9.68. The van der Waals surface area contributed by atoms with E-state index in [0.717, 1.165) is 37.7 Å². The minimum absolute atomic E-state index is 0.0790. The summed E-state index contributed by atoms with van der Waals surface area (Å²) < 4.78 is 57.2. The van der Waals surface area contributed by atoms with Crippen molar-refractivity contribution in [3.63, 3.8) is 0 Å². The predicted octanol–water partition coefficient (Wildman–Crippen LogP) is 6.62. The Morgan fingerprint density at radius 2 is 1.36 bits per heavy atom. The molecule has 3 aliphatic rings. The van der Waals surface area contributed by atoms with Gasteiger partial charge in [0, 0.05) is 5.92 Å². The fourth-order valence-corrected chi connectivity index (χ4v) is 5.76. The average molecular weight is 354 g/mol. The molecule has 1 unspecified atom stereocenters. The smallest absolute Gasteiger partial charge is 0.204 e. The van der Waals surface area contributed by atoms with E-state index in [1.54, 1.807) is 0 Å². The molecule has 0 radical (unpaired) electrons. The molecule has 25 heavy (non-hydrogen) atoms. The number of alkyl halides is 2. The van der Waals surface area contributed by atoms with Gasteiger partial charge in [-0.25, -0.2) is 17.6 Å². The Morgan fingerprint density at radius 1 is 0.760 bits per heavy atom. The third-order valence-corrected chi connectivity index (χ3v) is 7.12. The maximum absolute atomic E-state index is 14.9. The SMILES string of the molecule is Fc1ccc2c(c1F)C(F)(F)C(C1CCC(C3CCCCC3)CC1)C2. The van der Waals surface area contributed by atoms with Crippen molar-refractivity contribution in [1.29, 1.82) is 0 Å². The summed E-state index contributed by atoms with van der Waals surface area (Å²) in [6.07, 6.45) is 10.4. The number of fused-ring (bicyclic) bond motifs is 1. The van der Waals surface area contributed by atoms with Gasteiger partial charge in [-0.1, -0.05) is 38.2 Å². The first kappa shape index (κ1) is 17.4. The van der Waals surface area contributed by atoms with Gasteiger partial charge in [-0.2, -0.15) is 0 Å². The van der Waals surface area contributed by atoms with Gasteiger partial charge in [0.25, 0.3) is 5.92 Å². The molecule has 0 bridgehead atoms. The molecule has 0 aliphatic heterocycles. The van der Waals surface area contributed by atoms with Gasteiger partial charge in [0.05, 0.1) is 5.56 Å². The van der Waals surface area contributed by atoms with Gasteiger partial charge in [-0.3, -0.25) is 0 Å². The molecule has 4 rings (SSSR count). The summed E-state index contributed by atoms with van der Waals surface area (Å²) in [5, 5.41) is 0. The van der Waals surface area contributed by atoms with Crippen LogP contribution in [0.2, 0.25) is 0 Å². The van der Waals surface area contributed by atoms with Crippen LogP contribution >= 0.6 is 0 Å². The monoisotopic (exact) mass is 354 g/mol. The fourth-order valence-electron chi connectivity index (χ4n) is 5.76. The van der Waals surface area contributed by atoms with Gasteiger partial charge >= 0.3 is 0 Å². The van der Waals surface area contributed by atoms with Crippen molar-refractivity contribution in [2.45, 2.75) is 70.1 Å². The number of rotatable bonds is 2. The Labute approximate surface area is 147 Å². The van der Waals surface area contributed by atoms with Gasteiger partial charge in [-0.15, -0.1) is 0 Å². The lowest BCUT2D eigenvalue weighted by Gasteiger charge is -2.39. The van der Waals surface area contributed by atoms with Gasteiger partial charge < -0.3 is 0 Å². The lowest BCUT2D eigenvalue weighted by Crippen LogP contribution is -2.33. The first-order chi connectivity index (χ1) is 12.0. The molecule has 0 aromatic heterocycles. The molecule has 138 valence electrons. The zero-order valence-electron chi connectivity index (χ0n) is 14.5. The van der Waals surface area contributed by atoms with Gasteiger partial charge in [0.1, 0.15) is 0 Å². The van der Waals surface area contributed by atoms with E-state index in [1.807, 2.05) is 0 Å². The van der Waals surface area contributed by atoms with Crippen molar-refractivity contribution in [3.8, 4) is 0 Å². The summed E-state index contributed by atoms with van der Waals surface area (Å²) in [7, 11) is 0. The molecule has 0 heterocycles. The molecule has 0 amide bonds. The fraction of sp³-hybridized carbons (Fsp3) is 0.714. The van der Waals surface area contributed by atoms with E-state index in [4.69, 9.17) is 0 Å². The van der Waals surface area contributed by atoms with Crippen molar-refractivity contribution in [1.82, 2.24) is 0 Å². The van der Waals surface area contributed by atoms with E-state index in [-0.39, 0.29) is 12.3 Å². The summed E-state index contributed by atoms with van der Waals surface area (Å²) in [6.45, 7) is 0. The average Bonchev–Trinajstić information content (AvgIpc) is 2.90. The van der Waals surface area contributed by atoms with Gasteiger partial charge in [0.15, 0.2) is 11.6 Å². The van der Waals surface area contributed by atoms with E-state index in [1.165, 1.54) is 38.2 Å². The molecule has 0 spiro atoms. The number of halogens is 4. The molecule has 3 aliphatic carbocycles. The third kappa shape index (κ3) is 3.00. The predicted molar refractivity (Wildman–Crippen MR) is 89.5 cm³/mol. The Hall–Kier alpha value is -1.06. The Balaban J connectivity index is 1.46. The van der Waals surface area contributed by atoms with Crippen LogP contribution in [-0.4, -0.2) is 0 Å². The summed E-state index contributed by atoms with van der Waals surface area (Å²) in [4.78, 5) is 0. The Kier molecular flexibility index (Phi) is 4.57. The van der Waals surface area contributed by atoms with Crippen molar-refractivity contribution in [2.75, 3.05) is 0 Å². The number of hydrogen-bond acceptors (Lipinski definition) is 0. The van der Waals surface area contributed by atoms with Crippen LogP contribution in [0.4, 0.5) is 17.6 Å². The van der Waals surface area contributed by atoms with E-state index < -0.39 is 29.0 Å². The van der Waals surface area contributed by atoms with Gasteiger partial charge in [-0.05, 0) is 61.5 Å². The van der Waals surface area contributed by atoms with Crippen LogP contribution in [0.25, 0.3) is 0 Å². The standard InChI is InChI=1S/C21H26F4/c22-18-11-10-16-12-17(21(24,25)19(16)20(18)23)15-8-6-14(7-9-15)13-4-2-1-3-5-13/h10-11,13-15,17H,1-9,12H2. The minimum Gasteiger partial charge on any atom is -0.204 e. The molecule has 4 heteroatoms. The van der Waals surface area contributed by atoms with Crippen molar-refractivity contribution < 1.29 is 17.6 Å². The molecule has 1 atom stereocenters. The lowest BCUT2D eigenvalue weighted by molar-refractivity contribution is -0.0855. The molecule has 2 saturated carbocycles. The Bertz CT molecular complexity index is 625. The summed E-state index contributed by atoms with van der Waals surface area (Å²) >= 11 is 0. The van der Waals surface area contributed by atoms with Crippen molar-refractivity contribution in [3.05, 3.63) is 34.9 Å². The van der Waals surface area contributed by atoms with Crippen LogP contribution in [0.15, 0.2) is 12.1 Å². The minimum atomic E-state index is -3.25. The molecule has 0 saturated heterocycles. The zero-order valence-corrected chi connectivity index (χ0v) is 14.5. The number of benzene rings is 1. The van der Waals surface area contributed by atoms with Crippen LogP contribution in [-0.2, 0) is 12.3 Å². The molecule has 1 aromatic rings. The highest BCUT2D eigenvalue weighted by Crippen LogP contribution is 2.54. The maximum atomic E-state index is 14.9. The van der Waals surface area contributed by atoms with Crippen molar-refractivity contribution >= 4 is 0 Å². The second-order valence-corrected chi connectivity index (χ2v) is 8.40. The summed E-state index contributed by atoms with van der Waals surface area (Å²) in [5.41, 5.74) is -0.379. The van der Waals surface area contributed by atoms with Crippen molar-refractivity contribution in [2.24, 2.45) is 23.7 Å². The van der Waals surface area contributed by atoms with Crippen LogP contribution in [0.5, 0.6) is 0 Å². The topological polar surface area (TPSA) is 0 Å². The third-order valence-electron chi connectivity index (χ3n) is 7.12. The second kappa shape index (κ2) is 6.59. The Morgan fingerprint density at radius 3 is 2.04 bits per heavy atom. The molecule has 1 aromatic carbocycles. The number of hydrogen-bond donors (Lipinski definition) is 0. The molecular formula is C21H26F4. The second-order valence-electron chi connectivity index (χ2n) is 8.40. The highest BCUT2D eigenvalue weighted by molar-refractivity contribution is 5.39. The molecular weight excluding hydrogens is 328 g/mol. The van der Waals surface area contributed by atoms with Crippen LogP contribution in [0.1, 0.15) is 68.9 Å². The van der Waals surface area contributed by atoms with E-state index in [9.17, 15) is 17.6 Å². The normalized spacial score (nSPS) is 32.6. The quantitative estimate of drug-likeness (QED) is 0.524. The largest absolute Gasteiger partial charge is 0.279 e. The van der Waals surface area contributed by atoms with E-state index >= 15 is 0 Å². The van der Waals surface area contributed by atoms with Crippen LogP contribution < -0.4 is 0 Å². The molecule has 0 nitrogen and oxygen atoms in total. The highest BCUT2D eigenvalue weighted by atomic mass is 19.3. The van der Waals surface area contributed by atoms with Gasteiger partial charge in [0.2, 0.25) is 0 Å². The van der Waals surface area contributed by atoms with E-state index in [2.05, 4.69) is 0 Å². The van der Waals surface area contributed by atoms with Crippen LogP contribution in [0.3, 0.4) is 0 Å². The molecule has 0 N–H and O–H groups in total.